The zero-order chi connectivity index (χ0) is 36.7. The number of ketones is 1. The molecule has 0 aliphatic heterocycles. The van der Waals surface area contributed by atoms with Gasteiger partial charge in [-0.15, -0.1) is 0 Å². The Hall–Kier alpha value is -1.26. The molecule has 0 aliphatic rings. The largest absolute Gasteiger partial charge is 0.743 e. The maximum atomic E-state index is 13.0. The number of hydrogen-bond acceptors (Lipinski definition) is 4. The molecular formula is C22H29F17O4S2. The number of hydrogen-bond donors (Lipinski definition) is 0. The van der Waals surface area contributed by atoms with Gasteiger partial charge in [-0.25, -0.2) is 8.42 Å². The summed E-state index contributed by atoms with van der Waals surface area (Å²) in [5.41, 5.74) is 0. The Balaban J connectivity index is 0. The molecule has 0 fully saturated rings. The molecule has 0 aromatic heterocycles. The van der Waals surface area contributed by atoms with E-state index in [9.17, 15) is 92.4 Å². The van der Waals surface area contributed by atoms with Gasteiger partial charge in [0.1, 0.15) is 11.5 Å². The molecule has 4 nitrogen and oxygen atoms in total. The van der Waals surface area contributed by atoms with Gasteiger partial charge >= 0.3 is 47.0 Å². The lowest BCUT2D eigenvalue weighted by atomic mass is 9.91. The predicted octanol–water partition coefficient (Wildman–Crippen LogP) is 8.46. The van der Waals surface area contributed by atoms with Crippen LogP contribution in [0, 0.1) is 0 Å². The van der Waals surface area contributed by atoms with E-state index >= 15 is 0 Å². The van der Waals surface area contributed by atoms with Gasteiger partial charge in [-0.2, -0.15) is 74.6 Å². The second kappa shape index (κ2) is 15.8. The van der Waals surface area contributed by atoms with Gasteiger partial charge in [0.25, 0.3) is 0 Å². The Morgan fingerprint density at radius 1 is 0.556 bits per heavy atom. The first-order chi connectivity index (χ1) is 19.7. The van der Waals surface area contributed by atoms with Gasteiger partial charge in [0.2, 0.25) is 0 Å². The van der Waals surface area contributed by atoms with Crippen LogP contribution in [0.15, 0.2) is 0 Å². The quantitative estimate of drug-likeness (QED) is 0.0803. The molecule has 0 N–H and O–H groups in total. The Bertz CT molecular complexity index is 1040. The molecule has 0 saturated carbocycles. The normalized spacial score (nSPS) is 14.8. The fourth-order valence-corrected chi connectivity index (χ4v) is 5.85. The van der Waals surface area contributed by atoms with E-state index in [-0.39, 0.29) is 0 Å². The van der Waals surface area contributed by atoms with Gasteiger partial charge in [0.05, 0.1) is 0 Å². The predicted molar refractivity (Wildman–Crippen MR) is 127 cm³/mol. The highest BCUT2D eigenvalue weighted by Crippen LogP contribution is 2.64. The van der Waals surface area contributed by atoms with Crippen molar-refractivity contribution in [3.63, 3.8) is 0 Å². The fraction of sp³-hybridized carbons (Fsp3) is 0.955. The van der Waals surface area contributed by atoms with E-state index in [1.54, 1.807) is 0 Å². The summed E-state index contributed by atoms with van der Waals surface area (Å²) < 4.78 is 244. The zero-order valence-corrected chi connectivity index (χ0v) is 25.1. The van der Waals surface area contributed by atoms with E-state index in [0.29, 0.717) is 16.7 Å². The van der Waals surface area contributed by atoms with Gasteiger partial charge in [-0.1, -0.05) is 40.0 Å². The van der Waals surface area contributed by atoms with Gasteiger partial charge in [-0.05, 0) is 30.2 Å². The molecule has 0 saturated heterocycles. The lowest BCUT2D eigenvalue weighted by Gasteiger charge is -2.42. The summed E-state index contributed by atoms with van der Waals surface area (Å²) in [5, 5.41) is -7.95. The van der Waals surface area contributed by atoms with E-state index in [0.717, 1.165) is 25.0 Å². The molecule has 0 aromatic rings. The molecule has 0 spiro atoms. The minimum absolute atomic E-state index is 0.393. The lowest BCUT2D eigenvalue weighted by molar-refractivity contribution is -0.458. The number of carbonyl (C=O) groups excluding carboxylic acids is 1. The van der Waals surface area contributed by atoms with Crippen LogP contribution in [0.4, 0.5) is 74.6 Å². The molecule has 23 heteroatoms. The molecule has 0 unspecified atom stereocenters. The minimum Gasteiger partial charge on any atom is -0.743 e. The molecule has 0 heterocycles. The zero-order valence-electron chi connectivity index (χ0n) is 23.4. The number of carbonyl (C=O) groups is 1. The maximum Gasteiger partial charge on any atom is 0.460 e. The van der Waals surface area contributed by atoms with Crippen LogP contribution in [0.2, 0.25) is 0 Å². The van der Waals surface area contributed by atoms with Gasteiger partial charge in [0, 0.05) is 6.42 Å². The average Bonchev–Trinajstić information content (AvgIpc) is 2.87. The van der Waals surface area contributed by atoms with Crippen molar-refractivity contribution in [1.82, 2.24) is 0 Å². The van der Waals surface area contributed by atoms with E-state index in [1.807, 2.05) is 0 Å². The summed E-state index contributed by atoms with van der Waals surface area (Å²) in [4.78, 5) is 11.7. The van der Waals surface area contributed by atoms with Crippen molar-refractivity contribution < 1.29 is 92.4 Å². The SMILES string of the molecule is CCCCC(=O)C[S+](CCCC)CCCC.O=S(=O)([O-])C(F)(F)C(F)(F)C(F)(F)C(F)(F)C(F)(F)C(F)(F)C(F)(F)C(F)(F)F. The maximum absolute atomic E-state index is 13.0. The van der Waals surface area contributed by atoms with Gasteiger partial charge in [-0.3, -0.25) is 4.79 Å². The summed E-state index contributed by atoms with van der Waals surface area (Å²) in [7, 11) is -7.75. The van der Waals surface area contributed by atoms with Crippen molar-refractivity contribution in [3.8, 4) is 0 Å². The van der Waals surface area contributed by atoms with Crippen LogP contribution in [-0.4, -0.2) is 83.0 Å². The highest BCUT2D eigenvalue weighted by atomic mass is 32.2. The van der Waals surface area contributed by atoms with Crippen molar-refractivity contribution in [2.45, 2.75) is 113 Å². The highest BCUT2D eigenvalue weighted by Gasteiger charge is 2.95. The van der Waals surface area contributed by atoms with Gasteiger partial charge < -0.3 is 4.55 Å². The molecule has 0 rings (SSSR count). The van der Waals surface area contributed by atoms with Crippen LogP contribution < -0.4 is 0 Å². The van der Waals surface area contributed by atoms with E-state index in [2.05, 4.69) is 20.8 Å². The van der Waals surface area contributed by atoms with Crippen LogP contribution >= 0.6 is 0 Å². The van der Waals surface area contributed by atoms with Crippen molar-refractivity contribution in [3.05, 3.63) is 0 Å². The van der Waals surface area contributed by atoms with Crippen molar-refractivity contribution in [1.29, 1.82) is 0 Å². The number of Topliss-reactive ketones (excluding diaryl/α,β-unsaturated/α-hetero) is 1. The van der Waals surface area contributed by atoms with Crippen LogP contribution in [0.1, 0.15) is 65.7 Å². The molecule has 0 amide bonds. The first-order valence-corrected chi connectivity index (χ1v) is 15.7. The first kappa shape index (κ1) is 45.9. The standard InChI is InChI=1S/C14H29OS.C8HF17O3S/c1-4-7-10-14(15)13-16(11-8-5-2)12-9-6-3;9-1(10,3(13,14)5(17,18)7(21,22)23)2(11,12)4(15,16)6(19,20)8(24,25)29(26,27)28/h4-13H2,1-3H3;(H,26,27,28)/q+1;/p-1. The summed E-state index contributed by atoms with van der Waals surface area (Å²) in [6, 6.07) is 0. The lowest BCUT2D eigenvalue weighted by Crippen LogP contribution is -2.75. The Kier molecular flexibility index (Phi) is 16.1. The van der Waals surface area contributed by atoms with Crippen LogP contribution in [0.25, 0.3) is 0 Å². The Morgan fingerprint density at radius 2 is 0.867 bits per heavy atom. The van der Waals surface area contributed by atoms with Crippen LogP contribution in [0.5, 0.6) is 0 Å². The molecule has 0 atom stereocenters. The second-order valence-electron chi connectivity index (χ2n) is 9.43. The first-order valence-electron chi connectivity index (χ1n) is 12.6. The Labute approximate surface area is 249 Å². The second-order valence-corrected chi connectivity index (χ2v) is 13.2. The minimum atomic E-state index is -8.92. The summed E-state index contributed by atoms with van der Waals surface area (Å²) in [6.45, 7) is 6.63. The topological polar surface area (TPSA) is 74.3 Å². The third-order valence-electron chi connectivity index (χ3n) is 5.75. The summed E-state index contributed by atoms with van der Waals surface area (Å²) in [5.74, 6) is -48.2. The number of rotatable bonds is 18. The molecule has 272 valence electrons. The molecule has 0 aromatic carbocycles. The third kappa shape index (κ3) is 9.43. The van der Waals surface area contributed by atoms with Crippen LogP contribution in [-0.2, 0) is 25.8 Å². The summed E-state index contributed by atoms with van der Waals surface area (Å²) in [6.07, 6.45) is 0.273. The van der Waals surface area contributed by atoms with E-state index in [4.69, 9.17) is 0 Å². The van der Waals surface area contributed by atoms with Crippen LogP contribution in [0.3, 0.4) is 0 Å². The molecule has 0 aliphatic carbocycles. The monoisotopic (exact) mass is 744 g/mol. The van der Waals surface area contributed by atoms with Crippen molar-refractivity contribution in [2.24, 2.45) is 0 Å². The Morgan fingerprint density at radius 3 is 1.16 bits per heavy atom. The highest BCUT2D eigenvalue weighted by molar-refractivity contribution is 7.97. The molecule has 0 radical (unpaired) electrons. The molecule has 0 bridgehead atoms. The van der Waals surface area contributed by atoms with E-state index < -0.39 is 57.1 Å². The average molecular weight is 745 g/mol. The van der Waals surface area contributed by atoms with Gasteiger partial charge in [0.15, 0.2) is 21.7 Å². The fourth-order valence-electron chi connectivity index (χ4n) is 2.92. The molecular weight excluding hydrogens is 715 g/mol. The summed E-state index contributed by atoms with van der Waals surface area (Å²) >= 11 is 0. The van der Waals surface area contributed by atoms with Crippen molar-refractivity contribution in [2.75, 3.05) is 17.3 Å². The van der Waals surface area contributed by atoms with Crippen molar-refractivity contribution >= 4 is 26.8 Å². The number of alkyl halides is 17. The number of unbranched alkanes of at least 4 members (excludes halogenated alkanes) is 3. The molecule has 45 heavy (non-hydrogen) atoms. The smallest absolute Gasteiger partial charge is 0.460 e. The number of halogens is 17. The third-order valence-corrected chi connectivity index (χ3v) is 9.10. The van der Waals surface area contributed by atoms with E-state index in [1.165, 1.54) is 37.2 Å².